The molecule has 13 heteroatoms. The van der Waals surface area contributed by atoms with Crippen molar-refractivity contribution in [1.82, 2.24) is 0 Å². The number of carboxylic acids is 2. The first-order valence-electron chi connectivity index (χ1n) is 10.5. The molecular weight excluding hydrogens is 487 g/mol. The van der Waals surface area contributed by atoms with Crippen molar-refractivity contribution in [2.75, 3.05) is 0 Å². The van der Waals surface area contributed by atoms with Crippen LogP contribution in [0.2, 0.25) is 0 Å². The van der Waals surface area contributed by atoms with Crippen molar-refractivity contribution in [3.05, 3.63) is 12.2 Å². The predicted molar refractivity (Wildman–Crippen MR) is 116 cm³/mol. The smallest absolute Gasteiger partial charge is 0.331 e. The maximum absolute atomic E-state index is 11.6. The summed E-state index contributed by atoms with van der Waals surface area (Å²) < 4.78 is 39.3. The molecule has 33 heavy (non-hydrogen) atoms. The van der Waals surface area contributed by atoms with Crippen molar-refractivity contribution in [2.45, 2.75) is 88.1 Å². The molecule has 2 fully saturated rings. The van der Waals surface area contributed by atoms with Crippen molar-refractivity contribution >= 4 is 85.4 Å². The Morgan fingerprint density at radius 1 is 0.788 bits per heavy atom. The van der Waals surface area contributed by atoms with Crippen molar-refractivity contribution in [1.29, 1.82) is 0 Å². The van der Waals surface area contributed by atoms with Crippen LogP contribution in [0.1, 0.15) is 70.6 Å². The molecule has 0 aliphatic heterocycles. The zero-order valence-corrected chi connectivity index (χ0v) is 22.6. The number of esters is 2. The van der Waals surface area contributed by atoms with Crippen LogP contribution in [0.25, 0.3) is 0 Å². The van der Waals surface area contributed by atoms with E-state index in [0.717, 1.165) is 51.4 Å². The summed E-state index contributed by atoms with van der Waals surface area (Å²) in [6, 6.07) is 0. The first kappa shape index (κ1) is 32.2. The van der Waals surface area contributed by atoms with E-state index in [1.54, 1.807) is 0 Å². The van der Waals surface area contributed by atoms with Gasteiger partial charge in [-0.25, -0.2) is 9.59 Å². The molecular formula is C20H30KO11S. The van der Waals surface area contributed by atoms with Crippen LogP contribution in [0.4, 0.5) is 0 Å². The Morgan fingerprint density at radius 3 is 1.39 bits per heavy atom. The van der Waals surface area contributed by atoms with Gasteiger partial charge in [0, 0.05) is 63.5 Å². The number of hydrogen-bond acceptors (Lipinski definition) is 8. The quantitative estimate of drug-likeness (QED) is 0.184. The number of carboxylic acid groups (broad SMARTS) is 2. The van der Waals surface area contributed by atoms with Gasteiger partial charge < -0.3 is 19.7 Å². The molecule has 0 aromatic rings. The summed E-state index contributed by atoms with van der Waals surface area (Å²) in [5, 5.41) is 13.9. The number of carbonyl (C=O) groups excluding carboxylic acids is 2. The first-order chi connectivity index (χ1) is 15.0. The van der Waals surface area contributed by atoms with E-state index in [1.807, 2.05) is 0 Å². The Morgan fingerprint density at radius 2 is 1.15 bits per heavy atom. The van der Waals surface area contributed by atoms with E-state index in [4.69, 9.17) is 24.2 Å². The number of carbonyl (C=O) groups is 4. The average Bonchev–Trinajstić information content (AvgIpc) is 2.71. The van der Waals surface area contributed by atoms with Gasteiger partial charge in [0.2, 0.25) is 0 Å². The van der Waals surface area contributed by atoms with Crippen LogP contribution in [-0.2, 0) is 38.8 Å². The Hall–Kier alpha value is -0.834. The third kappa shape index (κ3) is 14.9. The summed E-state index contributed by atoms with van der Waals surface area (Å²) in [6.07, 6.45) is 11.9. The van der Waals surface area contributed by atoms with E-state index in [2.05, 4.69) is 0 Å². The van der Waals surface area contributed by atoms with E-state index in [9.17, 15) is 27.6 Å². The van der Waals surface area contributed by atoms with E-state index in [1.165, 1.54) is 25.0 Å². The number of hydrogen-bond donors (Lipinski definition) is 3. The molecule has 2 aliphatic carbocycles. The third-order valence-corrected chi connectivity index (χ3v) is 6.11. The molecule has 0 bridgehead atoms. The molecule has 0 amide bonds. The average molecular weight is 518 g/mol. The Labute approximate surface area is 235 Å². The summed E-state index contributed by atoms with van der Waals surface area (Å²) in [5.74, 6) is -4.37. The maximum atomic E-state index is 11.6. The van der Waals surface area contributed by atoms with Crippen molar-refractivity contribution < 1.29 is 51.8 Å². The van der Waals surface area contributed by atoms with E-state index >= 15 is 0 Å². The van der Waals surface area contributed by atoms with Crippen molar-refractivity contribution in [2.24, 2.45) is 0 Å². The summed E-state index contributed by atoms with van der Waals surface area (Å²) in [6.45, 7) is 0. The molecule has 2 rings (SSSR count). The second kappa shape index (κ2) is 16.7. The van der Waals surface area contributed by atoms with E-state index in [-0.39, 0.29) is 63.6 Å². The van der Waals surface area contributed by atoms with Crippen LogP contribution in [0.15, 0.2) is 12.2 Å². The minimum absolute atomic E-state index is 0. The van der Waals surface area contributed by atoms with Gasteiger partial charge in [-0.1, -0.05) is 12.8 Å². The molecule has 3 N–H and O–H groups in total. The fourth-order valence-electron chi connectivity index (χ4n) is 3.39. The van der Waals surface area contributed by atoms with Crippen LogP contribution in [0.5, 0.6) is 0 Å². The molecule has 0 spiro atoms. The second-order valence-corrected chi connectivity index (χ2v) is 9.27. The predicted octanol–water partition coefficient (Wildman–Crippen LogP) is 1.72. The topological polar surface area (TPSA) is 182 Å². The first-order valence-corrected chi connectivity index (χ1v) is 12.0. The molecule has 1 atom stereocenters. The zero-order valence-electron chi connectivity index (χ0n) is 18.7. The molecule has 1 unspecified atom stereocenters. The minimum atomic E-state index is -4.84. The molecule has 183 valence electrons. The number of aliphatic carboxylic acids is 2. The molecule has 2 saturated carbocycles. The summed E-state index contributed by atoms with van der Waals surface area (Å²) in [4.78, 5) is 43.2. The fraction of sp³-hybridized carbons (Fsp3) is 0.700. The second-order valence-electron chi connectivity index (χ2n) is 7.67. The summed E-state index contributed by atoms with van der Waals surface area (Å²) >= 11 is 0. The standard InChI is InChI=1S/C16H24O4.C4H6O7S.K/c17-15(19-13-7-3-1-4-8-13)11-12-16(18)20-14-9-5-2-6-10-14;5-3(6)1-2(4(7)8)12(9,10)11;/h11-14H,1-10H2;2H,1H2,(H,5,6)(H,7,8)(H,9,10,11);/b12-11-;;. The number of ether oxygens (including phenoxy) is 2. The third-order valence-electron chi connectivity index (χ3n) is 5.02. The molecule has 0 saturated heterocycles. The molecule has 11 nitrogen and oxygen atoms in total. The van der Waals surface area contributed by atoms with Crippen LogP contribution >= 0.6 is 0 Å². The molecule has 0 heterocycles. The maximum Gasteiger partial charge on any atom is 0.331 e. The van der Waals surface area contributed by atoms with Gasteiger partial charge in [0.15, 0.2) is 5.25 Å². The Balaban J connectivity index is 0.000000685. The van der Waals surface area contributed by atoms with E-state index in [0.29, 0.717) is 0 Å². The van der Waals surface area contributed by atoms with Gasteiger partial charge in [-0.2, -0.15) is 8.42 Å². The van der Waals surface area contributed by atoms with Crippen molar-refractivity contribution in [3.63, 3.8) is 0 Å². The van der Waals surface area contributed by atoms with Crippen molar-refractivity contribution in [3.8, 4) is 0 Å². The minimum Gasteiger partial charge on any atom is -0.481 e. The van der Waals surface area contributed by atoms with Crippen LogP contribution in [0.3, 0.4) is 0 Å². The SMILES string of the molecule is O=C(/C=C\C(=O)OC1CCCCC1)OC1CCCCC1.O=C(O)CC(C(=O)O)S(=O)(=O)O.[K]. The molecule has 1 radical (unpaired) electrons. The molecule has 0 aromatic heterocycles. The van der Waals surface area contributed by atoms with E-state index < -0.39 is 45.7 Å². The van der Waals surface area contributed by atoms with Gasteiger partial charge in [-0.05, 0) is 51.4 Å². The van der Waals surface area contributed by atoms with Crippen LogP contribution in [-0.4, -0.2) is 116 Å². The Bertz CT molecular complexity index is 748. The summed E-state index contributed by atoms with van der Waals surface area (Å²) in [5.41, 5.74) is 0. The van der Waals surface area contributed by atoms with Crippen LogP contribution in [0, 0.1) is 0 Å². The van der Waals surface area contributed by atoms with Gasteiger partial charge in [-0.15, -0.1) is 0 Å². The monoisotopic (exact) mass is 517 g/mol. The van der Waals surface area contributed by atoms with Gasteiger partial charge in [-0.3, -0.25) is 14.1 Å². The van der Waals surface area contributed by atoms with Gasteiger partial charge in [0.25, 0.3) is 10.1 Å². The number of rotatable bonds is 8. The van der Waals surface area contributed by atoms with Gasteiger partial charge in [0.1, 0.15) is 12.2 Å². The summed E-state index contributed by atoms with van der Waals surface area (Å²) in [7, 11) is -4.84. The van der Waals surface area contributed by atoms with Crippen LogP contribution < -0.4 is 0 Å². The van der Waals surface area contributed by atoms with Gasteiger partial charge >= 0.3 is 23.9 Å². The van der Waals surface area contributed by atoms with Gasteiger partial charge in [0.05, 0.1) is 6.42 Å². The molecule has 2 aliphatic rings. The zero-order chi connectivity index (χ0) is 24.1. The molecule has 0 aromatic carbocycles. The Kier molecular flexibility index (Phi) is 16.3. The largest absolute Gasteiger partial charge is 0.481 e. The fourth-order valence-corrected chi connectivity index (χ4v) is 4.00. The normalized spacial score (nSPS) is 18.2.